The monoisotopic (exact) mass is 232 g/mol. The lowest BCUT2D eigenvalue weighted by molar-refractivity contribution is 0.0746. The predicted molar refractivity (Wildman–Crippen MR) is 69.0 cm³/mol. The first kappa shape index (κ1) is 12.1. The van der Waals surface area contributed by atoms with E-state index in [0.717, 1.165) is 29.5 Å². The first-order valence-corrected chi connectivity index (χ1v) is 6.22. The molecule has 1 aromatic carbocycles. The molecule has 0 bridgehead atoms. The second-order valence-corrected chi connectivity index (χ2v) is 4.79. The molecule has 1 aliphatic carbocycles. The molecular formula is C14H20N2O. The Morgan fingerprint density at radius 2 is 1.94 bits per heavy atom. The number of amides is 1. The normalized spacial score (nSPS) is 14.8. The summed E-state index contributed by atoms with van der Waals surface area (Å²) in [5.74, 6) is 0.147. The van der Waals surface area contributed by atoms with Gasteiger partial charge < -0.3 is 10.6 Å². The Labute approximate surface area is 103 Å². The van der Waals surface area contributed by atoms with E-state index in [1.807, 2.05) is 36.9 Å². The molecule has 1 fully saturated rings. The number of benzene rings is 1. The quantitative estimate of drug-likeness (QED) is 0.861. The molecule has 0 atom stereocenters. The summed E-state index contributed by atoms with van der Waals surface area (Å²) >= 11 is 0. The van der Waals surface area contributed by atoms with E-state index in [9.17, 15) is 4.79 Å². The third-order valence-electron chi connectivity index (χ3n) is 3.31. The van der Waals surface area contributed by atoms with Crippen LogP contribution in [0.1, 0.15) is 34.3 Å². The van der Waals surface area contributed by atoms with Crippen molar-refractivity contribution in [2.75, 3.05) is 13.1 Å². The highest BCUT2D eigenvalue weighted by atomic mass is 16.2. The molecule has 0 aliphatic heterocycles. The van der Waals surface area contributed by atoms with Crippen LogP contribution in [0.4, 0.5) is 0 Å². The number of rotatable bonds is 4. The zero-order valence-corrected chi connectivity index (χ0v) is 10.6. The molecule has 2 rings (SSSR count). The first-order valence-electron chi connectivity index (χ1n) is 6.22. The van der Waals surface area contributed by atoms with Crippen LogP contribution in [0.15, 0.2) is 18.2 Å². The van der Waals surface area contributed by atoms with Gasteiger partial charge in [-0.3, -0.25) is 4.79 Å². The minimum atomic E-state index is 0.147. The average Bonchev–Trinajstić information content (AvgIpc) is 3.09. The lowest BCUT2D eigenvalue weighted by Crippen LogP contribution is -2.37. The van der Waals surface area contributed by atoms with Crippen molar-refractivity contribution >= 4 is 5.91 Å². The van der Waals surface area contributed by atoms with Crippen LogP contribution < -0.4 is 5.73 Å². The van der Waals surface area contributed by atoms with Crippen LogP contribution in [-0.2, 0) is 0 Å². The van der Waals surface area contributed by atoms with E-state index < -0.39 is 0 Å². The maximum Gasteiger partial charge on any atom is 0.254 e. The van der Waals surface area contributed by atoms with Crippen molar-refractivity contribution in [2.45, 2.75) is 32.7 Å². The number of hydrogen-bond donors (Lipinski definition) is 1. The Balaban J connectivity index is 2.28. The van der Waals surface area contributed by atoms with Gasteiger partial charge in [0.25, 0.3) is 5.91 Å². The lowest BCUT2D eigenvalue weighted by atomic mass is 10.0. The van der Waals surface area contributed by atoms with Crippen LogP contribution >= 0.6 is 0 Å². The third-order valence-corrected chi connectivity index (χ3v) is 3.31. The summed E-state index contributed by atoms with van der Waals surface area (Å²) in [5.41, 5.74) is 8.55. The van der Waals surface area contributed by atoms with Gasteiger partial charge in [-0.15, -0.1) is 0 Å². The number of nitrogens with two attached hydrogens (primary N) is 1. The van der Waals surface area contributed by atoms with Crippen LogP contribution in [0.5, 0.6) is 0 Å². The van der Waals surface area contributed by atoms with E-state index in [-0.39, 0.29) is 5.91 Å². The molecule has 1 amide bonds. The zero-order chi connectivity index (χ0) is 12.4. The van der Waals surface area contributed by atoms with Crippen LogP contribution in [0.3, 0.4) is 0 Å². The van der Waals surface area contributed by atoms with Crippen LogP contribution in [0, 0.1) is 13.8 Å². The largest absolute Gasteiger partial charge is 0.334 e. The number of carbonyl (C=O) groups excluding carboxylic acids is 1. The molecule has 0 aromatic heterocycles. The van der Waals surface area contributed by atoms with E-state index in [2.05, 4.69) is 0 Å². The molecule has 3 heteroatoms. The fourth-order valence-corrected chi connectivity index (χ4v) is 2.27. The third kappa shape index (κ3) is 2.50. The summed E-state index contributed by atoms with van der Waals surface area (Å²) in [5, 5.41) is 0. The summed E-state index contributed by atoms with van der Waals surface area (Å²) in [6, 6.07) is 6.40. The minimum Gasteiger partial charge on any atom is -0.334 e. The highest BCUT2D eigenvalue weighted by Gasteiger charge is 2.33. The Bertz CT molecular complexity index is 404. The minimum absolute atomic E-state index is 0.147. The Morgan fingerprint density at radius 1 is 1.35 bits per heavy atom. The molecule has 2 N–H and O–H groups in total. The van der Waals surface area contributed by atoms with E-state index in [1.54, 1.807) is 0 Å². The zero-order valence-electron chi connectivity index (χ0n) is 10.6. The molecule has 1 aromatic rings. The van der Waals surface area contributed by atoms with E-state index in [4.69, 9.17) is 5.73 Å². The van der Waals surface area contributed by atoms with Crippen molar-refractivity contribution in [2.24, 2.45) is 5.73 Å². The van der Waals surface area contributed by atoms with Crippen molar-refractivity contribution in [1.82, 2.24) is 4.90 Å². The van der Waals surface area contributed by atoms with E-state index in [0.29, 0.717) is 19.1 Å². The molecule has 0 saturated heterocycles. The SMILES string of the molecule is Cc1cccc(C)c1C(=O)N(CCN)C1CC1. The van der Waals surface area contributed by atoms with Gasteiger partial charge in [0.1, 0.15) is 0 Å². The van der Waals surface area contributed by atoms with Gasteiger partial charge in [-0.1, -0.05) is 18.2 Å². The number of carbonyl (C=O) groups is 1. The van der Waals surface area contributed by atoms with Gasteiger partial charge in [-0.25, -0.2) is 0 Å². The van der Waals surface area contributed by atoms with Crippen molar-refractivity contribution in [3.63, 3.8) is 0 Å². The second kappa shape index (κ2) is 4.88. The maximum absolute atomic E-state index is 12.5. The van der Waals surface area contributed by atoms with Crippen LogP contribution in [-0.4, -0.2) is 29.9 Å². The van der Waals surface area contributed by atoms with Gasteiger partial charge >= 0.3 is 0 Å². The highest BCUT2D eigenvalue weighted by Crippen LogP contribution is 2.29. The van der Waals surface area contributed by atoms with Gasteiger partial charge in [0, 0.05) is 24.7 Å². The second-order valence-electron chi connectivity index (χ2n) is 4.79. The van der Waals surface area contributed by atoms with Crippen LogP contribution in [0.2, 0.25) is 0 Å². The summed E-state index contributed by atoms with van der Waals surface area (Å²) in [4.78, 5) is 14.5. The summed E-state index contributed by atoms with van der Waals surface area (Å²) < 4.78 is 0. The first-order chi connectivity index (χ1) is 8.15. The average molecular weight is 232 g/mol. The topological polar surface area (TPSA) is 46.3 Å². The highest BCUT2D eigenvalue weighted by molar-refractivity contribution is 5.97. The number of aryl methyl sites for hydroxylation is 2. The molecule has 0 heterocycles. The maximum atomic E-state index is 12.5. The molecule has 1 saturated carbocycles. The molecular weight excluding hydrogens is 212 g/mol. The fraction of sp³-hybridized carbons (Fsp3) is 0.500. The van der Waals surface area contributed by atoms with Gasteiger partial charge in [-0.2, -0.15) is 0 Å². The van der Waals surface area contributed by atoms with Crippen molar-refractivity contribution in [3.8, 4) is 0 Å². The van der Waals surface area contributed by atoms with Crippen molar-refractivity contribution in [1.29, 1.82) is 0 Å². The fourth-order valence-electron chi connectivity index (χ4n) is 2.27. The van der Waals surface area contributed by atoms with E-state index in [1.165, 1.54) is 0 Å². The van der Waals surface area contributed by atoms with Crippen molar-refractivity contribution < 1.29 is 4.79 Å². The van der Waals surface area contributed by atoms with Gasteiger partial charge in [-0.05, 0) is 37.8 Å². The molecule has 0 radical (unpaired) electrons. The number of hydrogen-bond acceptors (Lipinski definition) is 2. The predicted octanol–water partition coefficient (Wildman–Crippen LogP) is 1.87. The molecule has 0 spiro atoms. The molecule has 92 valence electrons. The molecule has 17 heavy (non-hydrogen) atoms. The molecule has 1 aliphatic rings. The van der Waals surface area contributed by atoms with Gasteiger partial charge in [0.15, 0.2) is 0 Å². The summed E-state index contributed by atoms with van der Waals surface area (Å²) in [6.45, 7) is 5.19. The number of nitrogens with zero attached hydrogens (tertiary/aromatic N) is 1. The smallest absolute Gasteiger partial charge is 0.254 e. The lowest BCUT2D eigenvalue weighted by Gasteiger charge is -2.23. The summed E-state index contributed by atoms with van der Waals surface area (Å²) in [6.07, 6.45) is 2.24. The molecule has 3 nitrogen and oxygen atoms in total. The Morgan fingerprint density at radius 3 is 2.41 bits per heavy atom. The van der Waals surface area contributed by atoms with Crippen molar-refractivity contribution in [3.05, 3.63) is 34.9 Å². The van der Waals surface area contributed by atoms with Gasteiger partial charge in [0.05, 0.1) is 0 Å². The standard InChI is InChI=1S/C14H20N2O/c1-10-4-3-5-11(2)13(10)14(17)16(9-8-15)12-6-7-12/h3-5,12H,6-9,15H2,1-2H3. The van der Waals surface area contributed by atoms with Crippen LogP contribution in [0.25, 0.3) is 0 Å². The summed E-state index contributed by atoms with van der Waals surface area (Å²) in [7, 11) is 0. The van der Waals surface area contributed by atoms with Gasteiger partial charge in [0.2, 0.25) is 0 Å². The Hall–Kier alpha value is -1.35. The van der Waals surface area contributed by atoms with E-state index >= 15 is 0 Å². The Kier molecular flexibility index (Phi) is 3.48. The molecule has 0 unspecified atom stereocenters.